The minimum atomic E-state index is -0.236. The molecule has 2 aliphatic rings. The Labute approximate surface area is 264 Å². The Kier molecular flexibility index (Phi) is 10.5. The van der Waals surface area contributed by atoms with Crippen LogP contribution in [0, 0.1) is 0 Å². The Morgan fingerprint density at radius 2 is 1.68 bits per heavy atom. The van der Waals surface area contributed by atoms with Crippen LogP contribution in [0.3, 0.4) is 0 Å². The molecule has 0 spiro atoms. The van der Waals surface area contributed by atoms with Crippen molar-refractivity contribution in [1.29, 1.82) is 0 Å². The Bertz CT molecular complexity index is 1480. The number of nitrogens with zero attached hydrogens (tertiary/aromatic N) is 1. The standard InChI is InChI=1S/C35H40ClN3O5/c1-23(40)39-21-27-19-30(26-12-10-24(11-13-26)7-6-16-44-33-9-5-4-8-31(33)36)34(32(22-39)38-27)35(41)37-15-14-25-17-28(42-2)20-29(18-25)43-3/h4-5,8-13,17-18,20,27,32,38H,6-7,14-16,19,21-22H2,1-3H3,(H,37,41). The third-order valence-corrected chi connectivity index (χ3v) is 8.52. The van der Waals surface area contributed by atoms with Crippen LogP contribution in [-0.4, -0.2) is 69.3 Å². The van der Waals surface area contributed by atoms with Crippen LogP contribution in [0.4, 0.5) is 0 Å². The van der Waals surface area contributed by atoms with Gasteiger partial charge in [-0.1, -0.05) is 48.0 Å². The summed E-state index contributed by atoms with van der Waals surface area (Å²) in [4.78, 5) is 27.9. The van der Waals surface area contributed by atoms with Crippen LogP contribution in [0.1, 0.15) is 36.5 Å². The van der Waals surface area contributed by atoms with Crippen molar-refractivity contribution in [1.82, 2.24) is 15.5 Å². The average Bonchev–Trinajstić information content (AvgIpc) is 3.03. The number of carbonyl (C=O) groups is 2. The number of hydrogen-bond acceptors (Lipinski definition) is 6. The van der Waals surface area contributed by atoms with Gasteiger partial charge >= 0.3 is 0 Å². The second kappa shape index (κ2) is 14.6. The molecule has 0 radical (unpaired) electrons. The minimum Gasteiger partial charge on any atom is -0.497 e. The number of halogens is 1. The topological polar surface area (TPSA) is 89.1 Å². The lowest BCUT2D eigenvalue weighted by atomic mass is 9.83. The van der Waals surface area contributed by atoms with Crippen LogP contribution in [0.15, 0.2) is 72.3 Å². The summed E-state index contributed by atoms with van der Waals surface area (Å²) in [7, 11) is 3.24. The van der Waals surface area contributed by atoms with Gasteiger partial charge in [0.05, 0.1) is 31.9 Å². The van der Waals surface area contributed by atoms with Crippen LogP contribution in [0.25, 0.3) is 5.57 Å². The summed E-state index contributed by atoms with van der Waals surface area (Å²) in [6, 6.07) is 21.5. The third kappa shape index (κ3) is 7.73. The molecule has 2 aliphatic heterocycles. The Balaban J connectivity index is 1.29. The molecular weight excluding hydrogens is 578 g/mol. The van der Waals surface area contributed by atoms with E-state index < -0.39 is 0 Å². The van der Waals surface area contributed by atoms with Crippen molar-refractivity contribution in [3.8, 4) is 17.2 Å². The largest absolute Gasteiger partial charge is 0.497 e. The summed E-state index contributed by atoms with van der Waals surface area (Å²) in [5.41, 5.74) is 4.99. The lowest BCUT2D eigenvalue weighted by Crippen LogP contribution is -2.61. The molecule has 9 heteroatoms. The fourth-order valence-corrected chi connectivity index (χ4v) is 6.15. The Hall–Kier alpha value is -4.01. The van der Waals surface area contributed by atoms with Crippen molar-refractivity contribution < 1.29 is 23.8 Å². The highest BCUT2D eigenvalue weighted by Crippen LogP contribution is 2.33. The zero-order valence-corrected chi connectivity index (χ0v) is 26.3. The molecule has 2 amide bonds. The minimum absolute atomic E-state index is 0.0274. The molecule has 8 nitrogen and oxygen atoms in total. The molecule has 44 heavy (non-hydrogen) atoms. The quantitative estimate of drug-likeness (QED) is 0.276. The van der Waals surface area contributed by atoms with Crippen LogP contribution in [0.5, 0.6) is 17.2 Å². The SMILES string of the molecule is COc1cc(CCNC(=O)C2=C(c3ccc(CCCOc4ccccc4Cl)cc3)CC3CN(C(C)=O)CC2N3)cc(OC)c1. The molecule has 2 bridgehead atoms. The predicted molar refractivity (Wildman–Crippen MR) is 172 cm³/mol. The maximum atomic E-state index is 13.8. The van der Waals surface area contributed by atoms with E-state index >= 15 is 0 Å². The van der Waals surface area contributed by atoms with Gasteiger partial charge in [0.15, 0.2) is 0 Å². The second-order valence-electron chi connectivity index (χ2n) is 11.2. The second-order valence-corrected chi connectivity index (χ2v) is 11.6. The zero-order chi connectivity index (χ0) is 31.1. The molecule has 0 aromatic heterocycles. The van der Waals surface area contributed by atoms with Gasteiger partial charge in [-0.05, 0) is 72.2 Å². The van der Waals surface area contributed by atoms with Gasteiger partial charge in [0.1, 0.15) is 17.2 Å². The number of rotatable bonds is 12. The number of ether oxygens (including phenoxy) is 3. The summed E-state index contributed by atoms with van der Waals surface area (Å²) in [5.74, 6) is 2.03. The van der Waals surface area contributed by atoms with Gasteiger partial charge in [0, 0.05) is 44.2 Å². The summed E-state index contributed by atoms with van der Waals surface area (Å²) >= 11 is 6.19. The van der Waals surface area contributed by atoms with Crippen LogP contribution in [0.2, 0.25) is 5.02 Å². The van der Waals surface area contributed by atoms with Crippen molar-refractivity contribution in [2.75, 3.05) is 40.5 Å². The van der Waals surface area contributed by atoms with Gasteiger partial charge in [0.2, 0.25) is 11.8 Å². The fourth-order valence-electron chi connectivity index (χ4n) is 5.96. The molecule has 5 rings (SSSR count). The normalized spacial score (nSPS) is 17.7. The van der Waals surface area contributed by atoms with E-state index in [0.29, 0.717) is 66.9 Å². The zero-order valence-electron chi connectivity index (χ0n) is 25.5. The number of nitrogens with one attached hydrogen (secondary N) is 2. The smallest absolute Gasteiger partial charge is 0.249 e. The lowest BCUT2D eigenvalue weighted by Gasteiger charge is -2.44. The lowest BCUT2D eigenvalue weighted by molar-refractivity contribution is -0.131. The first-order chi connectivity index (χ1) is 21.3. The van der Waals surface area contributed by atoms with Gasteiger partial charge in [-0.15, -0.1) is 0 Å². The predicted octanol–water partition coefficient (Wildman–Crippen LogP) is 5.07. The molecule has 3 aromatic rings. The number of amides is 2. The van der Waals surface area contributed by atoms with Crippen LogP contribution >= 0.6 is 11.6 Å². The first-order valence-electron chi connectivity index (χ1n) is 15.1. The number of aryl methyl sites for hydroxylation is 1. The number of benzene rings is 3. The molecule has 232 valence electrons. The first-order valence-corrected chi connectivity index (χ1v) is 15.4. The number of para-hydroxylation sites is 1. The van der Waals surface area contributed by atoms with Crippen molar-refractivity contribution >= 4 is 29.0 Å². The van der Waals surface area contributed by atoms with E-state index in [1.165, 1.54) is 5.56 Å². The molecule has 1 saturated heterocycles. The third-order valence-electron chi connectivity index (χ3n) is 8.21. The van der Waals surface area contributed by atoms with E-state index in [1.54, 1.807) is 21.1 Å². The van der Waals surface area contributed by atoms with Crippen molar-refractivity contribution in [2.24, 2.45) is 0 Å². The number of piperazine rings is 1. The molecule has 0 aliphatic carbocycles. The maximum absolute atomic E-state index is 13.8. The number of hydrogen-bond donors (Lipinski definition) is 2. The Morgan fingerprint density at radius 3 is 2.36 bits per heavy atom. The van der Waals surface area contributed by atoms with Crippen LogP contribution < -0.4 is 24.8 Å². The number of fused-ring (bicyclic) bond motifs is 2. The molecule has 2 N–H and O–H groups in total. The highest BCUT2D eigenvalue weighted by molar-refractivity contribution is 6.32. The van der Waals surface area contributed by atoms with E-state index in [9.17, 15) is 9.59 Å². The van der Waals surface area contributed by atoms with Gasteiger partial charge in [0.25, 0.3) is 0 Å². The average molecular weight is 618 g/mol. The van der Waals surface area contributed by atoms with E-state index in [1.807, 2.05) is 47.4 Å². The monoisotopic (exact) mass is 617 g/mol. The highest BCUT2D eigenvalue weighted by atomic mass is 35.5. The van der Waals surface area contributed by atoms with Crippen molar-refractivity contribution in [2.45, 2.75) is 44.7 Å². The van der Waals surface area contributed by atoms with E-state index in [-0.39, 0.29) is 23.9 Å². The summed E-state index contributed by atoms with van der Waals surface area (Å²) in [5, 5.41) is 7.36. The molecule has 2 heterocycles. The van der Waals surface area contributed by atoms with E-state index in [0.717, 1.165) is 29.5 Å². The molecule has 0 saturated carbocycles. The van der Waals surface area contributed by atoms with Crippen LogP contribution in [-0.2, 0) is 22.4 Å². The molecule has 2 atom stereocenters. The maximum Gasteiger partial charge on any atom is 0.249 e. The molecule has 3 aromatic carbocycles. The van der Waals surface area contributed by atoms with Gasteiger partial charge in [-0.25, -0.2) is 0 Å². The fraction of sp³-hybridized carbons (Fsp3) is 0.371. The number of carbonyl (C=O) groups excluding carboxylic acids is 2. The van der Waals surface area contributed by atoms with Gasteiger partial charge in [-0.3, -0.25) is 9.59 Å². The Morgan fingerprint density at radius 1 is 0.955 bits per heavy atom. The van der Waals surface area contributed by atoms with Gasteiger partial charge in [-0.2, -0.15) is 0 Å². The summed E-state index contributed by atoms with van der Waals surface area (Å²) < 4.78 is 16.6. The number of methoxy groups -OCH3 is 2. The van der Waals surface area contributed by atoms with Crippen molar-refractivity contribution in [3.05, 3.63) is 94.0 Å². The van der Waals surface area contributed by atoms with E-state index in [2.05, 4.69) is 34.9 Å². The molecular formula is C35H40ClN3O5. The van der Waals surface area contributed by atoms with Crippen molar-refractivity contribution in [3.63, 3.8) is 0 Å². The molecule has 1 fully saturated rings. The highest BCUT2D eigenvalue weighted by Gasteiger charge is 2.38. The summed E-state index contributed by atoms with van der Waals surface area (Å²) in [6.07, 6.45) is 3.01. The van der Waals surface area contributed by atoms with Gasteiger partial charge < -0.3 is 29.7 Å². The summed E-state index contributed by atoms with van der Waals surface area (Å²) in [6.45, 7) is 3.71. The first kappa shape index (κ1) is 31.4. The molecule has 2 unspecified atom stereocenters. The van der Waals surface area contributed by atoms with E-state index in [4.69, 9.17) is 25.8 Å².